The molecule has 0 aliphatic rings. The Kier molecular flexibility index (Phi) is 7.83. The molecule has 1 unspecified atom stereocenters. The first-order chi connectivity index (χ1) is 5.06. The molecule has 0 aromatic carbocycles. The van der Waals surface area contributed by atoms with Crippen LogP contribution in [0.2, 0.25) is 0 Å². The van der Waals surface area contributed by atoms with Crippen LogP contribution in [0, 0.1) is 0 Å². The van der Waals surface area contributed by atoms with Crippen molar-refractivity contribution in [3.63, 3.8) is 0 Å². The minimum atomic E-state index is -1.30. The van der Waals surface area contributed by atoms with Crippen molar-refractivity contribution in [1.29, 1.82) is 0 Å². The fraction of sp³-hybridized carbons (Fsp3) is 0.833. The average molecular weight is 217 g/mol. The van der Waals surface area contributed by atoms with Crippen LogP contribution in [0.3, 0.4) is 0 Å². The van der Waals surface area contributed by atoms with E-state index in [1.807, 2.05) is 0 Å². The van der Waals surface area contributed by atoms with Crippen LogP contribution < -0.4 is 11.5 Å². The van der Waals surface area contributed by atoms with Crippen LogP contribution in [-0.4, -0.2) is 29.0 Å². The maximum Gasteiger partial charge on any atom is 0.324 e. The Labute approximate surface area is 82.7 Å². The van der Waals surface area contributed by atoms with E-state index in [4.69, 9.17) is 28.2 Å². The maximum absolute atomic E-state index is 10.5. The minimum absolute atomic E-state index is 0. The second-order valence-electron chi connectivity index (χ2n) is 2.49. The SMILES string of the molecule is Cl.NCCCC(N)(CCl)C(=O)O. The predicted molar refractivity (Wildman–Crippen MR) is 50.8 cm³/mol. The molecule has 5 N–H and O–H groups in total. The van der Waals surface area contributed by atoms with Crippen LogP contribution in [-0.2, 0) is 4.79 Å². The minimum Gasteiger partial charge on any atom is -0.480 e. The standard InChI is InChI=1S/C6H13ClN2O2.ClH/c7-4-6(9,5(10)11)2-1-3-8;/h1-4,8-9H2,(H,10,11);1H. The second kappa shape index (κ2) is 6.48. The van der Waals surface area contributed by atoms with E-state index >= 15 is 0 Å². The van der Waals surface area contributed by atoms with Crippen molar-refractivity contribution in [2.24, 2.45) is 11.5 Å². The first-order valence-electron chi connectivity index (χ1n) is 3.35. The summed E-state index contributed by atoms with van der Waals surface area (Å²) in [5.41, 5.74) is 9.33. The second-order valence-corrected chi connectivity index (χ2v) is 2.75. The number of carboxylic acids is 1. The molecule has 0 aliphatic carbocycles. The van der Waals surface area contributed by atoms with Crippen molar-refractivity contribution in [2.45, 2.75) is 18.4 Å². The van der Waals surface area contributed by atoms with Gasteiger partial charge in [0.2, 0.25) is 0 Å². The number of alkyl halides is 1. The van der Waals surface area contributed by atoms with Gasteiger partial charge >= 0.3 is 5.97 Å². The molecule has 0 amide bonds. The molecule has 0 aromatic rings. The van der Waals surface area contributed by atoms with Gasteiger partial charge in [-0.1, -0.05) is 0 Å². The van der Waals surface area contributed by atoms with Crippen LogP contribution in [0.4, 0.5) is 0 Å². The Hall–Kier alpha value is -0.0300. The number of hydrogen-bond acceptors (Lipinski definition) is 3. The summed E-state index contributed by atoms with van der Waals surface area (Å²) >= 11 is 5.39. The van der Waals surface area contributed by atoms with Gasteiger partial charge in [-0.15, -0.1) is 24.0 Å². The summed E-state index contributed by atoms with van der Waals surface area (Å²) in [4.78, 5) is 10.5. The quantitative estimate of drug-likeness (QED) is 0.572. The number of hydrogen-bond donors (Lipinski definition) is 3. The number of carbonyl (C=O) groups is 1. The third kappa shape index (κ3) is 4.11. The number of rotatable bonds is 5. The molecule has 0 heterocycles. The van der Waals surface area contributed by atoms with Gasteiger partial charge in [-0.05, 0) is 19.4 Å². The smallest absolute Gasteiger partial charge is 0.324 e. The van der Waals surface area contributed by atoms with E-state index in [-0.39, 0.29) is 18.3 Å². The number of nitrogens with two attached hydrogens (primary N) is 2. The van der Waals surface area contributed by atoms with Crippen LogP contribution in [0.15, 0.2) is 0 Å². The zero-order valence-electron chi connectivity index (χ0n) is 6.62. The molecule has 0 saturated carbocycles. The summed E-state index contributed by atoms with van der Waals surface area (Å²) in [5, 5.41) is 8.61. The van der Waals surface area contributed by atoms with Crippen molar-refractivity contribution in [3.05, 3.63) is 0 Å². The molecule has 12 heavy (non-hydrogen) atoms. The summed E-state index contributed by atoms with van der Waals surface area (Å²) < 4.78 is 0. The lowest BCUT2D eigenvalue weighted by Crippen LogP contribution is -2.50. The average Bonchev–Trinajstić information content (AvgIpc) is 2.00. The molecule has 1 atom stereocenters. The summed E-state index contributed by atoms with van der Waals surface area (Å²) in [6.45, 7) is 0.434. The van der Waals surface area contributed by atoms with Crippen LogP contribution >= 0.6 is 24.0 Å². The predicted octanol–water partition coefficient (Wildman–Crippen LogP) is 0.168. The highest BCUT2D eigenvalue weighted by atomic mass is 35.5. The molecule has 0 aliphatic heterocycles. The van der Waals surface area contributed by atoms with Crippen molar-refractivity contribution >= 4 is 30.0 Å². The lowest BCUT2D eigenvalue weighted by atomic mass is 9.97. The summed E-state index contributed by atoms with van der Waals surface area (Å²) in [5.74, 6) is -1.15. The lowest BCUT2D eigenvalue weighted by molar-refractivity contribution is -0.142. The molecule has 6 heteroatoms. The van der Waals surface area contributed by atoms with Gasteiger partial charge in [-0.3, -0.25) is 4.79 Å². The Morgan fingerprint density at radius 3 is 2.33 bits per heavy atom. The van der Waals surface area contributed by atoms with Gasteiger partial charge < -0.3 is 16.6 Å². The van der Waals surface area contributed by atoms with Gasteiger partial charge in [0.25, 0.3) is 0 Å². The van der Waals surface area contributed by atoms with Gasteiger partial charge in [0.05, 0.1) is 5.88 Å². The molecule has 0 saturated heterocycles. The summed E-state index contributed by atoms with van der Waals surface area (Å²) in [7, 11) is 0. The van der Waals surface area contributed by atoms with Crippen LogP contribution in [0.25, 0.3) is 0 Å². The van der Waals surface area contributed by atoms with E-state index in [1.165, 1.54) is 0 Å². The topological polar surface area (TPSA) is 89.3 Å². The van der Waals surface area contributed by atoms with E-state index in [0.717, 1.165) is 0 Å². The fourth-order valence-electron chi connectivity index (χ4n) is 0.648. The number of carboxylic acid groups (broad SMARTS) is 1. The summed E-state index contributed by atoms with van der Waals surface area (Å²) in [6.07, 6.45) is 0.901. The fourth-order valence-corrected chi connectivity index (χ4v) is 0.896. The Bertz CT molecular complexity index is 146. The van der Waals surface area contributed by atoms with Gasteiger partial charge in [0, 0.05) is 0 Å². The largest absolute Gasteiger partial charge is 0.480 e. The molecular weight excluding hydrogens is 203 g/mol. The Balaban J connectivity index is 0. The van der Waals surface area contributed by atoms with Crippen molar-refractivity contribution in [2.75, 3.05) is 12.4 Å². The van der Waals surface area contributed by atoms with E-state index in [9.17, 15) is 4.79 Å². The number of aliphatic carboxylic acids is 1. The van der Waals surface area contributed by atoms with E-state index in [2.05, 4.69) is 0 Å². The third-order valence-electron chi connectivity index (χ3n) is 1.49. The maximum atomic E-state index is 10.5. The molecule has 0 rings (SSSR count). The first-order valence-corrected chi connectivity index (χ1v) is 3.88. The zero-order chi connectivity index (χ0) is 8.91. The highest BCUT2D eigenvalue weighted by Gasteiger charge is 2.31. The monoisotopic (exact) mass is 216 g/mol. The van der Waals surface area contributed by atoms with Crippen molar-refractivity contribution in [3.8, 4) is 0 Å². The van der Waals surface area contributed by atoms with Gasteiger partial charge in [0.15, 0.2) is 0 Å². The number of halogens is 2. The first kappa shape index (κ1) is 14.5. The summed E-state index contributed by atoms with van der Waals surface area (Å²) in [6, 6.07) is 0. The van der Waals surface area contributed by atoms with Crippen molar-refractivity contribution < 1.29 is 9.90 Å². The highest BCUT2D eigenvalue weighted by molar-refractivity contribution is 6.20. The highest BCUT2D eigenvalue weighted by Crippen LogP contribution is 2.11. The molecule has 0 radical (unpaired) electrons. The molecule has 0 aromatic heterocycles. The Morgan fingerprint density at radius 2 is 2.08 bits per heavy atom. The molecule has 4 nitrogen and oxygen atoms in total. The zero-order valence-corrected chi connectivity index (χ0v) is 8.20. The molecule has 0 spiro atoms. The van der Waals surface area contributed by atoms with Gasteiger partial charge in [-0.25, -0.2) is 0 Å². The molecule has 0 bridgehead atoms. The third-order valence-corrected chi connectivity index (χ3v) is 1.97. The van der Waals surface area contributed by atoms with Gasteiger partial charge in [0.1, 0.15) is 5.54 Å². The van der Waals surface area contributed by atoms with Crippen LogP contribution in [0.1, 0.15) is 12.8 Å². The molecule has 74 valence electrons. The van der Waals surface area contributed by atoms with Gasteiger partial charge in [-0.2, -0.15) is 0 Å². The Morgan fingerprint density at radius 1 is 1.58 bits per heavy atom. The van der Waals surface area contributed by atoms with E-state index in [0.29, 0.717) is 19.4 Å². The van der Waals surface area contributed by atoms with E-state index in [1.54, 1.807) is 0 Å². The van der Waals surface area contributed by atoms with E-state index < -0.39 is 11.5 Å². The normalized spacial score (nSPS) is 14.6. The lowest BCUT2D eigenvalue weighted by Gasteiger charge is -2.20. The molecular formula is C6H14Cl2N2O2. The van der Waals surface area contributed by atoms with Crippen LogP contribution in [0.5, 0.6) is 0 Å². The molecule has 0 fully saturated rings. The van der Waals surface area contributed by atoms with Crippen molar-refractivity contribution in [1.82, 2.24) is 0 Å².